The number of nitrogens with one attached hydrogen (secondary N) is 1. The highest BCUT2D eigenvalue weighted by atomic mass is 16.5. The Bertz CT molecular complexity index is 326. The van der Waals surface area contributed by atoms with Gasteiger partial charge in [-0.05, 0) is 19.1 Å². The molecule has 0 bridgehead atoms. The predicted molar refractivity (Wildman–Crippen MR) is 50.9 cm³/mol. The molecule has 76 valence electrons. The van der Waals surface area contributed by atoms with Crippen molar-refractivity contribution < 1.29 is 14.6 Å². The summed E-state index contributed by atoms with van der Waals surface area (Å²) in [5.41, 5.74) is 0.616. The zero-order valence-corrected chi connectivity index (χ0v) is 8.02. The van der Waals surface area contributed by atoms with E-state index in [0.29, 0.717) is 5.69 Å². The van der Waals surface area contributed by atoms with Crippen LogP contribution in [0, 0.1) is 0 Å². The van der Waals surface area contributed by atoms with Gasteiger partial charge in [0.2, 0.25) is 0 Å². The number of esters is 1. The molecule has 1 atom stereocenters. The molecule has 1 aromatic rings. The number of hydrogen-bond donors (Lipinski definition) is 2. The summed E-state index contributed by atoms with van der Waals surface area (Å²) in [5, 5.41) is 11.8. The molecule has 14 heavy (non-hydrogen) atoms. The van der Waals surface area contributed by atoms with Crippen LogP contribution in [0.2, 0.25) is 0 Å². The Kier molecular flexibility index (Phi) is 3.41. The standard InChI is InChI=1S/C9H12N2O3/c1-6(12)11-7-4-3-5-10-8(7)9(13)14-2/h3-6,11-12H,1-2H3. The van der Waals surface area contributed by atoms with Crippen molar-refractivity contribution in [2.45, 2.75) is 13.2 Å². The van der Waals surface area contributed by atoms with Crippen molar-refractivity contribution in [3.63, 3.8) is 0 Å². The lowest BCUT2D eigenvalue weighted by molar-refractivity contribution is 0.0595. The van der Waals surface area contributed by atoms with Crippen LogP contribution in [-0.4, -0.2) is 29.4 Å². The first-order valence-electron chi connectivity index (χ1n) is 4.13. The number of carbonyl (C=O) groups excluding carboxylic acids is 1. The number of anilines is 1. The maximum atomic E-state index is 11.2. The molecule has 5 heteroatoms. The normalized spacial score (nSPS) is 11.9. The summed E-state index contributed by atoms with van der Waals surface area (Å²) in [5.74, 6) is -0.534. The Labute approximate surface area is 81.7 Å². The topological polar surface area (TPSA) is 71.5 Å². The van der Waals surface area contributed by atoms with Crippen LogP contribution < -0.4 is 5.32 Å². The SMILES string of the molecule is COC(=O)c1ncccc1NC(C)O. The molecule has 1 unspecified atom stereocenters. The molecular formula is C9H12N2O3. The maximum Gasteiger partial charge on any atom is 0.358 e. The Balaban J connectivity index is 2.97. The van der Waals surface area contributed by atoms with Gasteiger partial charge in [-0.15, -0.1) is 0 Å². The van der Waals surface area contributed by atoms with E-state index in [2.05, 4.69) is 15.0 Å². The summed E-state index contributed by atoms with van der Waals surface area (Å²) in [7, 11) is 1.28. The number of aliphatic hydroxyl groups is 1. The van der Waals surface area contributed by atoms with E-state index in [9.17, 15) is 4.79 Å². The van der Waals surface area contributed by atoms with Gasteiger partial charge < -0.3 is 15.2 Å². The molecule has 0 aromatic carbocycles. The van der Waals surface area contributed by atoms with Gasteiger partial charge >= 0.3 is 5.97 Å². The fourth-order valence-electron chi connectivity index (χ4n) is 1.01. The Morgan fingerprint density at radius 1 is 1.71 bits per heavy atom. The van der Waals surface area contributed by atoms with Crippen molar-refractivity contribution >= 4 is 11.7 Å². The van der Waals surface area contributed by atoms with Crippen LogP contribution >= 0.6 is 0 Å². The first-order chi connectivity index (χ1) is 6.65. The number of hydrogen-bond acceptors (Lipinski definition) is 5. The fourth-order valence-corrected chi connectivity index (χ4v) is 1.01. The van der Waals surface area contributed by atoms with Gasteiger partial charge in [0.1, 0.15) is 6.23 Å². The van der Waals surface area contributed by atoms with Crippen LogP contribution in [0.5, 0.6) is 0 Å². The van der Waals surface area contributed by atoms with Gasteiger partial charge in [0.25, 0.3) is 0 Å². The summed E-state index contributed by atoms with van der Waals surface area (Å²) >= 11 is 0. The zero-order valence-electron chi connectivity index (χ0n) is 8.02. The molecule has 0 saturated heterocycles. The molecule has 0 spiro atoms. The highest BCUT2D eigenvalue weighted by Gasteiger charge is 2.13. The van der Waals surface area contributed by atoms with Crippen LogP contribution in [0.1, 0.15) is 17.4 Å². The minimum atomic E-state index is -0.748. The molecule has 1 heterocycles. The third-order valence-electron chi connectivity index (χ3n) is 1.55. The summed E-state index contributed by atoms with van der Waals surface area (Å²) in [4.78, 5) is 15.1. The van der Waals surface area contributed by atoms with E-state index in [1.165, 1.54) is 13.3 Å². The van der Waals surface area contributed by atoms with E-state index in [4.69, 9.17) is 5.11 Å². The summed E-state index contributed by atoms with van der Waals surface area (Å²) < 4.78 is 4.54. The molecule has 0 amide bonds. The molecule has 5 nitrogen and oxygen atoms in total. The van der Waals surface area contributed by atoms with E-state index < -0.39 is 12.2 Å². The van der Waals surface area contributed by atoms with Crippen molar-refractivity contribution in [3.8, 4) is 0 Å². The average Bonchev–Trinajstić information content (AvgIpc) is 2.16. The smallest absolute Gasteiger partial charge is 0.358 e. The first kappa shape index (κ1) is 10.5. The number of nitrogens with zero attached hydrogens (tertiary/aromatic N) is 1. The van der Waals surface area contributed by atoms with E-state index in [1.807, 2.05) is 0 Å². The van der Waals surface area contributed by atoms with Crippen molar-refractivity contribution in [1.29, 1.82) is 0 Å². The zero-order chi connectivity index (χ0) is 10.6. The second kappa shape index (κ2) is 4.57. The van der Waals surface area contributed by atoms with Gasteiger partial charge in [-0.25, -0.2) is 9.78 Å². The molecule has 0 aliphatic heterocycles. The van der Waals surface area contributed by atoms with Crippen LogP contribution in [0.4, 0.5) is 5.69 Å². The van der Waals surface area contributed by atoms with Crippen molar-refractivity contribution in [1.82, 2.24) is 4.98 Å². The largest absolute Gasteiger partial charge is 0.464 e. The van der Waals surface area contributed by atoms with Crippen molar-refractivity contribution in [3.05, 3.63) is 24.0 Å². The molecule has 1 rings (SSSR count). The van der Waals surface area contributed by atoms with Gasteiger partial charge in [0.15, 0.2) is 5.69 Å². The Morgan fingerprint density at radius 2 is 2.43 bits per heavy atom. The predicted octanol–water partition coefficient (Wildman–Crippen LogP) is 0.618. The highest BCUT2D eigenvalue weighted by molar-refractivity contribution is 5.93. The van der Waals surface area contributed by atoms with Crippen molar-refractivity contribution in [2.75, 3.05) is 12.4 Å². The molecule has 0 radical (unpaired) electrons. The molecular weight excluding hydrogens is 184 g/mol. The third-order valence-corrected chi connectivity index (χ3v) is 1.55. The minimum absolute atomic E-state index is 0.163. The molecule has 0 saturated carbocycles. The molecule has 0 aliphatic carbocycles. The average molecular weight is 196 g/mol. The van der Waals surface area contributed by atoms with E-state index >= 15 is 0 Å². The summed E-state index contributed by atoms with van der Waals surface area (Å²) in [6, 6.07) is 3.31. The third kappa shape index (κ3) is 2.43. The monoisotopic (exact) mass is 196 g/mol. The first-order valence-corrected chi connectivity index (χ1v) is 4.13. The number of rotatable bonds is 3. The number of carbonyl (C=O) groups is 1. The number of pyridine rings is 1. The molecule has 0 fully saturated rings. The number of aromatic nitrogens is 1. The van der Waals surface area contributed by atoms with Gasteiger partial charge in [0, 0.05) is 6.20 Å². The number of methoxy groups -OCH3 is 1. The Hall–Kier alpha value is -1.62. The lowest BCUT2D eigenvalue weighted by Gasteiger charge is -2.11. The second-order valence-electron chi connectivity index (χ2n) is 2.71. The second-order valence-corrected chi connectivity index (χ2v) is 2.71. The lowest BCUT2D eigenvalue weighted by atomic mass is 10.3. The maximum absolute atomic E-state index is 11.2. The molecule has 1 aromatic heterocycles. The highest BCUT2D eigenvalue weighted by Crippen LogP contribution is 2.13. The minimum Gasteiger partial charge on any atom is -0.464 e. The van der Waals surface area contributed by atoms with Gasteiger partial charge in [0.05, 0.1) is 12.8 Å². The summed E-state index contributed by atoms with van der Waals surface area (Å²) in [6.45, 7) is 1.55. The molecule has 2 N–H and O–H groups in total. The quantitative estimate of drug-likeness (QED) is 0.547. The van der Waals surface area contributed by atoms with E-state index in [1.54, 1.807) is 19.1 Å². The number of ether oxygens (including phenoxy) is 1. The van der Waals surface area contributed by atoms with Gasteiger partial charge in [-0.1, -0.05) is 0 Å². The Morgan fingerprint density at radius 3 is 3.00 bits per heavy atom. The van der Waals surface area contributed by atoms with E-state index in [0.717, 1.165) is 0 Å². The van der Waals surface area contributed by atoms with Crippen molar-refractivity contribution in [2.24, 2.45) is 0 Å². The van der Waals surface area contributed by atoms with Crippen LogP contribution in [0.3, 0.4) is 0 Å². The lowest BCUT2D eigenvalue weighted by Crippen LogP contribution is -2.17. The van der Waals surface area contributed by atoms with Crippen LogP contribution in [0.15, 0.2) is 18.3 Å². The fraction of sp³-hybridized carbons (Fsp3) is 0.333. The summed E-state index contributed by atoms with van der Waals surface area (Å²) in [6.07, 6.45) is 0.738. The van der Waals surface area contributed by atoms with Crippen LogP contribution in [-0.2, 0) is 4.74 Å². The number of aliphatic hydroxyl groups excluding tert-OH is 1. The van der Waals surface area contributed by atoms with Crippen LogP contribution in [0.25, 0.3) is 0 Å². The van der Waals surface area contributed by atoms with E-state index in [-0.39, 0.29) is 5.69 Å². The molecule has 0 aliphatic rings. The van der Waals surface area contributed by atoms with Gasteiger partial charge in [-0.3, -0.25) is 0 Å². The van der Waals surface area contributed by atoms with Gasteiger partial charge in [-0.2, -0.15) is 0 Å².